The van der Waals surface area contributed by atoms with Gasteiger partial charge in [-0.1, -0.05) is 97.1 Å². The van der Waals surface area contributed by atoms with Gasteiger partial charge < -0.3 is 0 Å². The zero-order valence-electron chi connectivity index (χ0n) is 37.4. The summed E-state index contributed by atoms with van der Waals surface area (Å²) in [5, 5.41) is 2.26. The largest absolute Gasteiger partial charge is 0.416 e. The van der Waals surface area contributed by atoms with E-state index in [9.17, 15) is 110 Å². The Hall–Kier alpha value is -6.74. The van der Waals surface area contributed by atoms with Gasteiger partial charge in [0.15, 0.2) is 12.4 Å². The van der Waals surface area contributed by atoms with Gasteiger partial charge in [0.2, 0.25) is 12.3 Å². The van der Waals surface area contributed by atoms with Crippen molar-refractivity contribution in [1.29, 1.82) is 0 Å². The van der Waals surface area contributed by atoms with Crippen molar-refractivity contribution in [1.82, 2.24) is 0 Å². The Morgan fingerprint density at radius 1 is 0.364 bits per heavy atom. The second kappa shape index (κ2) is 20.6. The molecule has 0 bridgehead atoms. The number of carbonyl (C=O) groups is 1. The monoisotopic (exact) mass is 1190 g/mol. The van der Waals surface area contributed by atoms with Crippen LogP contribution in [0, 0.1) is 0 Å². The Kier molecular flexibility index (Phi) is 15.9. The van der Waals surface area contributed by atoms with E-state index in [-0.39, 0.29) is 5.78 Å². The van der Waals surface area contributed by atoms with Crippen molar-refractivity contribution in [2.45, 2.75) is 56.0 Å². The summed E-state index contributed by atoms with van der Waals surface area (Å²) in [6, 6.07) is 8.67. The van der Waals surface area contributed by atoms with Crippen molar-refractivity contribution in [2.75, 3.05) is 0 Å². The lowest BCUT2D eigenvalue weighted by atomic mass is 9.12. The number of rotatable bonds is 7. The van der Waals surface area contributed by atoms with E-state index in [0.717, 1.165) is 20.8 Å². The molecular weight excluding hydrogens is 1170 g/mol. The second-order valence-corrected chi connectivity index (χ2v) is 17.7. The average molecular weight is 1190 g/mol. The maximum absolute atomic E-state index is 14.2. The summed E-state index contributed by atoms with van der Waals surface area (Å²) in [5.74, 6) is 0.109. The molecule has 0 atom stereocenters. The molecule has 6 aromatic carbocycles. The first-order chi connectivity index (χ1) is 35.0. The highest BCUT2D eigenvalue weighted by Gasteiger charge is 2.47. The molecule has 0 aliphatic rings. The minimum Gasteiger partial charge on any atom is -0.287 e. The second-order valence-electron chi connectivity index (χ2n) is 16.9. The van der Waals surface area contributed by atoms with Crippen LogP contribution in [0.1, 0.15) is 54.9 Å². The van der Waals surface area contributed by atoms with E-state index >= 15 is 0 Å². The Bertz CT molecular complexity index is 2870. The molecule has 1 aromatic heterocycles. The number of benzene rings is 6. The molecule has 410 valence electrons. The first-order valence-electron chi connectivity index (χ1n) is 21.0. The summed E-state index contributed by atoms with van der Waals surface area (Å²) >= 11 is 3.56. The van der Waals surface area contributed by atoms with Gasteiger partial charge in [0, 0.05) is 16.3 Å². The van der Waals surface area contributed by atoms with Crippen molar-refractivity contribution in [3.8, 4) is 0 Å². The number of hydrogen-bond acceptors (Lipinski definition) is 1. The third-order valence-electron chi connectivity index (χ3n) is 11.7. The molecule has 7 rings (SSSR count). The molecule has 2 nitrogen and oxygen atoms in total. The molecule has 1 heterocycles. The van der Waals surface area contributed by atoms with Crippen LogP contribution in [0.4, 0.5) is 105 Å². The van der Waals surface area contributed by atoms with Crippen LogP contribution in [0.2, 0.25) is 0 Å². The number of ketones is 1. The molecule has 0 aliphatic carbocycles. The van der Waals surface area contributed by atoms with Gasteiger partial charge in [-0.3, -0.25) is 4.79 Å². The quantitative estimate of drug-likeness (QED) is 0.0674. The van der Waals surface area contributed by atoms with Gasteiger partial charge in [0.25, 0.3) is 0 Å². The van der Waals surface area contributed by atoms with Gasteiger partial charge in [0.05, 0.1) is 49.0 Å². The van der Waals surface area contributed by atoms with Gasteiger partial charge in [-0.15, -0.1) is 0 Å². The van der Waals surface area contributed by atoms with Crippen molar-refractivity contribution in [3.05, 3.63) is 194 Å². The number of fused-ring (bicyclic) bond motifs is 1. The van der Waals surface area contributed by atoms with Crippen LogP contribution >= 0.6 is 15.9 Å². The highest BCUT2D eigenvalue weighted by atomic mass is 79.9. The first kappa shape index (κ1) is 59.5. The smallest absolute Gasteiger partial charge is 0.287 e. The van der Waals surface area contributed by atoms with Gasteiger partial charge in [-0.25, -0.2) is 0 Å². The number of nitrogens with zero attached hydrogens (tertiary/aromatic N) is 1. The number of carbonyl (C=O) groups excluding carboxylic acids is 1. The number of aromatic nitrogens is 1. The Morgan fingerprint density at radius 3 is 0.896 bits per heavy atom. The Labute approximate surface area is 424 Å². The fourth-order valence-electron chi connectivity index (χ4n) is 8.30. The van der Waals surface area contributed by atoms with Crippen LogP contribution in [0.25, 0.3) is 10.8 Å². The number of halogens is 25. The van der Waals surface area contributed by atoms with Crippen molar-refractivity contribution in [3.63, 3.8) is 0 Å². The third-order valence-corrected chi connectivity index (χ3v) is 12.3. The van der Waals surface area contributed by atoms with Crippen LogP contribution in [0.5, 0.6) is 0 Å². The number of pyridine rings is 1. The standard InChI is InChI=1S/C32H12BF24.C17H13BrNO/c34-25(35,36)13-1-14(26(37,38)39)6-21(5-13)33(22-7-15(27(40,41)42)2-16(8-22)28(43,44)45,23-9-17(29(46,47)48)3-18(10-23)30(49,50)51)24-11-19(31(52,53)54)4-20(12-24)32(55,56)57;18-16-11-19(10-14-8-4-5-9-15(14)16)12-17(20)13-6-2-1-3-7-13/h1-12H;1-11H,12H2/q-1;+1. The van der Waals surface area contributed by atoms with Gasteiger partial charge in [-0.05, 0) is 46.3 Å². The minimum absolute atomic E-state index is 0.109. The molecule has 0 fully saturated rings. The molecular formula is C49H25BBrF24NO. The molecule has 0 saturated heterocycles. The van der Waals surface area contributed by atoms with Crippen molar-refractivity contribution < 1.29 is 115 Å². The molecule has 0 unspecified atom stereocenters. The van der Waals surface area contributed by atoms with E-state index in [1.807, 2.05) is 65.5 Å². The highest BCUT2D eigenvalue weighted by Crippen LogP contribution is 2.41. The Balaban J connectivity index is 0.000000397. The van der Waals surface area contributed by atoms with Crippen molar-refractivity contribution in [2.24, 2.45) is 0 Å². The van der Waals surface area contributed by atoms with Gasteiger partial charge in [-0.2, -0.15) is 132 Å². The zero-order valence-corrected chi connectivity index (χ0v) is 39.0. The average Bonchev–Trinajstić information content (AvgIpc) is 3.30. The van der Waals surface area contributed by atoms with E-state index in [0.29, 0.717) is 6.54 Å². The predicted molar refractivity (Wildman–Crippen MR) is 233 cm³/mol. The SMILES string of the molecule is FC(F)(F)c1cc([B-](c2cc(C(F)(F)F)cc(C(F)(F)F)c2)(c2cc(C(F)(F)F)cc(C(F)(F)F)c2)c2cc(C(F)(F)F)cc(C(F)(F)F)c2)cc(C(F)(F)F)c1.O=C(C[n+]1cc(Br)c2ccccc2c1)c1ccccc1. The van der Waals surface area contributed by atoms with E-state index in [1.54, 1.807) is 0 Å². The summed E-state index contributed by atoms with van der Waals surface area (Å²) in [7, 11) is 0. The van der Waals surface area contributed by atoms with Crippen LogP contribution < -0.4 is 26.4 Å². The van der Waals surface area contributed by atoms with Crippen LogP contribution in [0.15, 0.2) is 144 Å². The summed E-state index contributed by atoms with van der Waals surface area (Å²) in [6.45, 7) is 0.341. The maximum atomic E-state index is 14.2. The van der Waals surface area contributed by atoms with Gasteiger partial charge >= 0.3 is 49.4 Å². The highest BCUT2D eigenvalue weighted by molar-refractivity contribution is 9.10. The third kappa shape index (κ3) is 13.5. The molecule has 0 aliphatic heterocycles. The fraction of sp³-hybridized carbons (Fsp3) is 0.184. The molecule has 77 heavy (non-hydrogen) atoms. The summed E-state index contributed by atoms with van der Waals surface area (Å²) in [6.07, 6.45) is -50.9. The summed E-state index contributed by atoms with van der Waals surface area (Å²) in [5.41, 5.74) is -29.5. The normalized spacial score (nSPS) is 13.4. The van der Waals surface area contributed by atoms with E-state index in [1.165, 1.54) is 0 Å². The van der Waals surface area contributed by atoms with Crippen LogP contribution in [-0.4, -0.2) is 11.9 Å². The van der Waals surface area contributed by atoms with E-state index in [2.05, 4.69) is 22.0 Å². The molecule has 0 amide bonds. The first-order valence-corrected chi connectivity index (χ1v) is 21.8. The Morgan fingerprint density at radius 2 is 0.623 bits per heavy atom. The summed E-state index contributed by atoms with van der Waals surface area (Å²) in [4.78, 5) is 12.2. The lowest BCUT2D eigenvalue weighted by molar-refractivity contribution is -0.682. The molecule has 0 N–H and O–H groups in total. The lowest BCUT2D eigenvalue weighted by Crippen LogP contribution is -2.75. The maximum Gasteiger partial charge on any atom is 0.416 e. The fourth-order valence-corrected chi connectivity index (χ4v) is 8.93. The number of alkyl halides is 24. The van der Waals surface area contributed by atoms with Crippen LogP contribution in [0.3, 0.4) is 0 Å². The minimum atomic E-state index is -6.13. The molecule has 0 saturated carbocycles. The molecule has 0 spiro atoms. The zero-order chi connectivity index (χ0) is 57.9. The molecule has 28 heteroatoms. The van der Waals surface area contributed by atoms with Crippen LogP contribution in [-0.2, 0) is 56.0 Å². The van der Waals surface area contributed by atoms with Crippen molar-refractivity contribution >= 4 is 60.5 Å². The molecule has 0 radical (unpaired) electrons. The van der Waals surface area contributed by atoms with E-state index < -0.39 is 195 Å². The molecule has 7 aromatic rings. The predicted octanol–water partition coefficient (Wildman–Crippen LogP) is 15.0. The van der Waals surface area contributed by atoms with E-state index in [4.69, 9.17) is 0 Å². The lowest BCUT2D eigenvalue weighted by Gasteiger charge is -2.46. The number of Topliss-reactive ketones (excluding diaryl/α,β-unsaturated/α-hetero) is 1. The summed E-state index contributed by atoms with van der Waals surface area (Å²) < 4.78 is 344. The number of hydrogen-bond donors (Lipinski definition) is 0. The topological polar surface area (TPSA) is 20.9 Å². The van der Waals surface area contributed by atoms with Gasteiger partial charge in [0.1, 0.15) is 6.15 Å².